The van der Waals surface area contributed by atoms with Crippen LogP contribution >= 0.6 is 0 Å². The Labute approximate surface area is 105 Å². The van der Waals surface area contributed by atoms with Gasteiger partial charge in [0.1, 0.15) is 11.4 Å². The van der Waals surface area contributed by atoms with Crippen LogP contribution in [0.3, 0.4) is 0 Å². The molecule has 0 spiro atoms. The molecule has 0 saturated carbocycles. The first-order chi connectivity index (χ1) is 8.09. The van der Waals surface area contributed by atoms with Gasteiger partial charge < -0.3 is 14.5 Å². The number of hydrogen-bond donors (Lipinski definition) is 1. The van der Waals surface area contributed by atoms with E-state index in [9.17, 15) is 0 Å². The van der Waals surface area contributed by atoms with Gasteiger partial charge in [0.2, 0.25) is 0 Å². The molecule has 1 N–H and O–H groups in total. The zero-order chi connectivity index (χ0) is 12.9. The molecular formula is C13H27N3O. The molecule has 0 amide bonds. The van der Waals surface area contributed by atoms with Crippen LogP contribution in [0.1, 0.15) is 33.6 Å². The Kier molecular flexibility index (Phi) is 5.40. The lowest BCUT2D eigenvalue weighted by Crippen LogP contribution is -2.55. The average molecular weight is 241 g/mol. The van der Waals surface area contributed by atoms with Crippen molar-refractivity contribution < 1.29 is 4.74 Å². The highest BCUT2D eigenvalue weighted by molar-refractivity contribution is 5.88. The number of amidine groups is 1. The number of nitrogens with zero attached hydrogens (tertiary/aromatic N) is 2. The van der Waals surface area contributed by atoms with Crippen molar-refractivity contribution in [1.82, 2.24) is 9.80 Å². The van der Waals surface area contributed by atoms with Crippen molar-refractivity contribution in [2.24, 2.45) is 0 Å². The van der Waals surface area contributed by atoms with Gasteiger partial charge in [-0.25, -0.2) is 0 Å². The first-order valence-corrected chi connectivity index (χ1v) is 6.76. The van der Waals surface area contributed by atoms with E-state index in [4.69, 9.17) is 10.1 Å². The van der Waals surface area contributed by atoms with Crippen LogP contribution in [0.5, 0.6) is 0 Å². The van der Waals surface area contributed by atoms with Crippen LogP contribution in [0.15, 0.2) is 0 Å². The Morgan fingerprint density at radius 2 is 1.65 bits per heavy atom. The molecule has 0 aromatic heterocycles. The first-order valence-electron chi connectivity index (χ1n) is 6.76. The van der Waals surface area contributed by atoms with Gasteiger partial charge in [-0.15, -0.1) is 0 Å². The number of hydrogen-bond acceptors (Lipinski definition) is 3. The standard InChI is InChI=1S/C13H27N3O/c1-5-13(6-2,17-7-3)12(14)16-10-8-15(4)9-11-16/h14H,5-11H2,1-4H3. The minimum Gasteiger partial charge on any atom is -0.367 e. The zero-order valence-corrected chi connectivity index (χ0v) is 11.8. The van der Waals surface area contributed by atoms with E-state index in [0.717, 1.165) is 39.0 Å². The van der Waals surface area contributed by atoms with Gasteiger partial charge in [0, 0.05) is 32.8 Å². The van der Waals surface area contributed by atoms with Crippen LogP contribution in [0.4, 0.5) is 0 Å². The van der Waals surface area contributed by atoms with Gasteiger partial charge in [0.15, 0.2) is 0 Å². The number of rotatable bonds is 5. The second-order valence-electron chi connectivity index (χ2n) is 4.77. The number of likely N-dealkylation sites (N-methyl/N-ethyl adjacent to an activating group) is 1. The second-order valence-corrected chi connectivity index (χ2v) is 4.77. The van der Waals surface area contributed by atoms with E-state index < -0.39 is 0 Å². The molecule has 0 unspecified atom stereocenters. The van der Waals surface area contributed by atoms with Crippen molar-refractivity contribution in [3.05, 3.63) is 0 Å². The highest BCUT2D eigenvalue weighted by Gasteiger charge is 2.36. The van der Waals surface area contributed by atoms with Crippen molar-refractivity contribution in [3.8, 4) is 0 Å². The van der Waals surface area contributed by atoms with E-state index in [2.05, 4.69) is 30.7 Å². The largest absolute Gasteiger partial charge is 0.367 e. The molecule has 1 rings (SSSR count). The molecule has 0 radical (unpaired) electrons. The van der Waals surface area contributed by atoms with Crippen molar-refractivity contribution in [2.75, 3.05) is 39.8 Å². The molecule has 1 aliphatic rings. The molecule has 0 aromatic rings. The third-order valence-corrected chi connectivity index (χ3v) is 3.81. The zero-order valence-electron chi connectivity index (χ0n) is 11.8. The highest BCUT2D eigenvalue weighted by atomic mass is 16.5. The van der Waals surface area contributed by atoms with Crippen molar-refractivity contribution in [3.63, 3.8) is 0 Å². The Morgan fingerprint density at radius 1 is 1.12 bits per heavy atom. The topological polar surface area (TPSA) is 39.6 Å². The van der Waals surface area contributed by atoms with Gasteiger partial charge in [-0.3, -0.25) is 5.41 Å². The molecule has 1 aliphatic heterocycles. The Morgan fingerprint density at radius 3 is 2.06 bits per heavy atom. The van der Waals surface area contributed by atoms with Gasteiger partial charge in [-0.05, 0) is 26.8 Å². The molecule has 1 saturated heterocycles. The van der Waals surface area contributed by atoms with Crippen molar-refractivity contribution in [1.29, 1.82) is 5.41 Å². The minimum absolute atomic E-state index is 0.370. The van der Waals surface area contributed by atoms with Gasteiger partial charge in [0.25, 0.3) is 0 Å². The molecule has 0 atom stereocenters. The van der Waals surface area contributed by atoms with Gasteiger partial charge in [-0.1, -0.05) is 13.8 Å². The maximum Gasteiger partial charge on any atom is 0.129 e. The Bertz CT molecular complexity index is 243. The summed E-state index contributed by atoms with van der Waals surface area (Å²) in [6.45, 7) is 10.9. The summed E-state index contributed by atoms with van der Waals surface area (Å²) < 4.78 is 5.89. The third kappa shape index (κ3) is 3.19. The summed E-state index contributed by atoms with van der Waals surface area (Å²) in [6.07, 6.45) is 1.75. The number of ether oxygens (including phenoxy) is 1. The van der Waals surface area contributed by atoms with Crippen molar-refractivity contribution >= 4 is 5.84 Å². The summed E-state index contributed by atoms with van der Waals surface area (Å²) in [7, 11) is 2.14. The van der Waals surface area contributed by atoms with E-state index in [0.29, 0.717) is 12.4 Å². The van der Waals surface area contributed by atoms with E-state index in [1.807, 2.05) is 6.92 Å². The normalized spacial score (nSPS) is 18.5. The highest BCUT2D eigenvalue weighted by Crippen LogP contribution is 2.24. The monoisotopic (exact) mass is 241 g/mol. The predicted octanol–water partition coefficient (Wildman–Crippen LogP) is 1.81. The fraction of sp³-hybridized carbons (Fsp3) is 0.923. The lowest BCUT2D eigenvalue weighted by Gasteiger charge is -2.41. The molecule has 0 bridgehead atoms. The molecule has 0 aromatic carbocycles. The molecule has 1 fully saturated rings. The maximum absolute atomic E-state index is 8.44. The Balaban J connectivity index is 2.70. The summed E-state index contributed by atoms with van der Waals surface area (Å²) in [5.41, 5.74) is -0.370. The summed E-state index contributed by atoms with van der Waals surface area (Å²) in [6, 6.07) is 0. The second kappa shape index (κ2) is 6.36. The SMILES string of the molecule is CCOC(CC)(CC)C(=N)N1CCN(C)CC1. The first kappa shape index (κ1) is 14.5. The van der Waals surface area contributed by atoms with E-state index in [1.54, 1.807) is 0 Å². The smallest absolute Gasteiger partial charge is 0.129 e. The van der Waals surface area contributed by atoms with Crippen LogP contribution in [0, 0.1) is 5.41 Å². The van der Waals surface area contributed by atoms with E-state index >= 15 is 0 Å². The van der Waals surface area contributed by atoms with E-state index in [-0.39, 0.29) is 5.60 Å². The summed E-state index contributed by atoms with van der Waals surface area (Å²) in [4.78, 5) is 4.49. The fourth-order valence-electron chi connectivity index (χ4n) is 2.45. The number of nitrogens with one attached hydrogen (secondary N) is 1. The molecule has 4 heteroatoms. The summed E-state index contributed by atoms with van der Waals surface area (Å²) >= 11 is 0. The van der Waals surface area contributed by atoms with Gasteiger partial charge >= 0.3 is 0 Å². The Hall–Kier alpha value is -0.610. The summed E-state index contributed by atoms with van der Waals surface area (Å²) in [5.74, 6) is 0.678. The minimum atomic E-state index is -0.370. The van der Waals surface area contributed by atoms with Gasteiger partial charge in [0.05, 0.1) is 0 Å². The number of piperazine rings is 1. The van der Waals surface area contributed by atoms with Crippen LogP contribution in [-0.4, -0.2) is 61.1 Å². The van der Waals surface area contributed by atoms with E-state index in [1.165, 1.54) is 0 Å². The molecule has 1 heterocycles. The third-order valence-electron chi connectivity index (χ3n) is 3.81. The van der Waals surface area contributed by atoms with Crippen LogP contribution < -0.4 is 0 Å². The molecule has 0 aliphatic carbocycles. The molecule has 17 heavy (non-hydrogen) atoms. The quantitative estimate of drug-likeness (QED) is 0.589. The van der Waals surface area contributed by atoms with Gasteiger partial charge in [-0.2, -0.15) is 0 Å². The average Bonchev–Trinajstić information content (AvgIpc) is 2.36. The van der Waals surface area contributed by atoms with Crippen LogP contribution in [0.25, 0.3) is 0 Å². The maximum atomic E-state index is 8.44. The molecule has 4 nitrogen and oxygen atoms in total. The molecular weight excluding hydrogens is 214 g/mol. The summed E-state index contributed by atoms with van der Waals surface area (Å²) in [5, 5.41) is 8.44. The lowest BCUT2D eigenvalue weighted by atomic mass is 9.94. The van der Waals surface area contributed by atoms with Crippen molar-refractivity contribution in [2.45, 2.75) is 39.2 Å². The predicted molar refractivity (Wildman–Crippen MR) is 71.7 cm³/mol. The fourth-order valence-corrected chi connectivity index (χ4v) is 2.45. The van der Waals surface area contributed by atoms with Crippen LogP contribution in [-0.2, 0) is 4.74 Å². The molecule has 100 valence electrons. The lowest BCUT2D eigenvalue weighted by molar-refractivity contribution is -0.00246. The van der Waals surface area contributed by atoms with Crippen LogP contribution in [0.2, 0.25) is 0 Å².